The lowest BCUT2D eigenvalue weighted by atomic mass is 10.0. The average molecular weight is 522 g/mol. The number of para-hydroxylation sites is 1. The molecule has 3 amide bonds. The number of hydrogen-bond donors (Lipinski definition) is 3. The molecule has 0 bridgehead atoms. The van der Waals surface area contributed by atoms with Gasteiger partial charge in [0.05, 0.1) is 12.3 Å². The second kappa shape index (κ2) is 11.4. The van der Waals surface area contributed by atoms with E-state index in [1.807, 2.05) is 26.0 Å². The number of carbonyl (C=O) groups excluding carboxylic acids is 3. The standard InChI is InChI=1S/C27H31N5O4S/c1-3-36-19-14-12-17(13-15-19)23(26(34)30-18-9-5-6-10-18)32(20-11-7-4-8-16(20)2)27(35)24-21(28)22(25(29)33)31-37-24/h4,7-8,11-15,18,23H,3,5-6,9-10,28H2,1-2H3,(H2,29,33)(H,30,34)/t23-/m0/s1. The van der Waals surface area contributed by atoms with Gasteiger partial charge in [-0.05, 0) is 67.5 Å². The molecule has 0 saturated heterocycles. The zero-order chi connectivity index (χ0) is 26.5. The van der Waals surface area contributed by atoms with E-state index < -0.39 is 17.9 Å². The van der Waals surface area contributed by atoms with Gasteiger partial charge in [-0.25, -0.2) is 0 Å². The molecule has 194 valence electrons. The van der Waals surface area contributed by atoms with Crippen LogP contribution in [0.25, 0.3) is 0 Å². The smallest absolute Gasteiger partial charge is 0.273 e. The van der Waals surface area contributed by atoms with Crippen molar-refractivity contribution >= 4 is 40.6 Å². The first-order chi connectivity index (χ1) is 17.8. The van der Waals surface area contributed by atoms with E-state index in [9.17, 15) is 14.4 Å². The van der Waals surface area contributed by atoms with Crippen molar-refractivity contribution in [2.75, 3.05) is 17.2 Å². The molecule has 1 fully saturated rings. The SMILES string of the molecule is CCOc1ccc([C@@H](C(=O)NC2CCCC2)N(C(=O)c2snc(C(N)=O)c2N)c2ccccc2C)cc1. The van der Waals surface area contributed by atoms with Crippen LogP contribution in [0.1, 0.15) is 69.9 Å². The van der Waals surface area contributed by atoms with E-state index in [0.717, 1.165) is 42.8 Å². The van der Waals surface area contributed by atoms with Gasteiger partial charge in [0.1, 0.15) is 16.7 Å². The van der Waals surface area contributed by atoms with E-state index in [1.165, 1.54) is 4.90 Å². The summed E-state index contributed by atoms with van der Waals surface area (Å²) in [7, 11) is 0. The summed E-state index contributed by atoms with van der Waals surface area (Å²) in [5.74, 6) is -1.01. The lowest BCUT2D eigenvalue weighted by Crippen LogP contribution is -2.46. The van der Waals surface area contributed by atoms with E-state index in [4.69, 9.17) is 16.2 Å². The van der Waals surface area contributed by atoms with Gasteiger partial charge in [0, 0.05) is 11.7 Å². The Hall–Kier alpha value is -3.92. The molecule has 0 unspecified atom stereocenters. The molecule has 0 spiro atoms. The number of anilines is 2. The summed E-state index contributed by atoms with van der Waals surface area (Å²) in [5, 5.41) is 3.15. The molecule has 1 saturated carbocycles. The molecular weight excluding hydrogens is 490 g/mol. The number of nitrogens with zero attached hydrogens (tertiary/aromatic N) is 2. The zero-order valence-electron chi connectivity index (χ0n) is 20.9. The fourth-order valence-corrected chi connectivity index (χ4v) is 5.36. The quantitative estimate of drug-likeness (QED) is 0.389. The number of benzene rings is 2. The number of ether oxygens (including phenoxy) is 1. The van der Waals surface area contributed by atoms with Crippen molar-refractivity contribution in [2.24, 2.45) is 5.73 Å². The summed E-state index contributed by atoms with van der Waals surface area (Å²) in [6.45, 7) is 4.26. The number of nitrogens with one attached hydrogen (secondary N) is 1. The summed E-state index contributed by atoms with van der Waals surface area (Å²) in [6.07, 6.45) is 3.88. The molecule has 5 N–H and O–H groups in total. The summed E-state index contributed by atoms with van der Waals surface area (Å²) in [4.78, 5) is 41.3. The Kier molecular flexibility index (Phi) is 8.08. The van der Waals surface area contributed by atoms with Crippen LogP contribution in [0.4, 0.5) is 11.4 Å². The molecule has 2 aromatic carbocycles. The number of nitrogen functional groups attached to an aromatic ring is 1. The number of nitrogens with two attached hydrogens (primary N) is 2. The van der Waals surface area contributed by atoms with Crippen LogP contribution in [0.3, 0.4) is 0 Å². The molecule has 0 aliphatic heterocycles. The van der Waals surface area contributed by atoms with Gasteiger partial charge in [-0.1, -0.05) is 43.2 Å². The second-order valence-corrected chi connectivity index (χ2v) is 9.77. The minimum Gasteiger partial charge on any atom is -0.494 e. The third-order valence-corrected chi connectivity index (χ3v) is 7.32. The Morgan fingerprint density at radius 3 is 2.41 bits per heavy atom. The highest BCUT2D eigenvalue weighted by Gasteiger charge is 2.37. The van der Waals surface area contributed by atoms with Crippen LogP contribution >= 0.6 is 11.5 Å². The maximum absolute atomic E-state index is 14.1. The van der Waals surface area contributed by atoms with Crippen LogP contribution in [0, 0.1) is 6.92 Å². The Balaban J connectivity index is 1.85. The number of amides is 3. The topological polar surface area (TPSA) is 141 Å². The van der Waals surface area contributed by atoms with Gasteiger partial charge in [0.2, 0.25) is 5.91 Å². The van der Waals surface area contributed by atoms with Gasteiger partial charge < -0.3 is 21.5 Å². The molecule has 1 aromatic heterocycles. The van der Waals surface area contributed by atoms with Crippen molar-refractivity contribution in [1.29, 1.82) is 0 Å². The molecular formula is C27H31N5O4S. The first-order valence-electron chi connectivity index (χ1n) is 12.3. The molecule has 9 nitrogen and oxygen atoms in total. The highest BCUT2D eigenvalue weighted by Crippen LogP contribution is 2.35. The van der Waals surface area contributed by atoms with Gasteiger partial charge in [-0.3, -0.25) is 19.3 Å². The third kappa shape index (κ3) is 5.59. The molecule has 1 atom stereocenters. The predicted molar refractivity (Wildman–Crippen MR) is 144 cm³/mol. The number of aromatic nitrogens is 1. The number of hydrogen-bond acceptors (Lipinski definition) is 7. The van der Waals surface area contributed by atoms with Crippen molar-refractivity contribution in [3.05, 3.63) is 70.2 Å². The highest BCUT2D eigenvalue weighted by molar-refractivity contribution is 7.09. The Labute approximate surface area is 220 Å². The lowest BCUT2D eigenvalue weighted by molar-refractivity contribution is -0.123. The molecule has 10 heteroatoms. The first kappa shape index (κ1) is 26.2. The van der Waals surface area contributed by atoms with Crippen LogP contribution in [-0.2, 0) is 4.79 Å². The van der Waals surface area contributed by atoms with Gasteiger partial charge >= 0.3 is 0 Å². The minimum absolute atomic E-state index is 0.0430. The number of primary amides is 1. The van der Waals surface area contributed by atoms with Crippen molar-refractivity contribution in [2.45, 2.75) is 51.6 Å². The number of carbonyl (C=O) groups is 3. The van der Waals surface area contributed by atoms with Crippen LogP contribution < -0.4 is 26.4 Å². The van der Waals surface area contributed by atoms with Gasteiger partial charge in [-0.15, -0.1) is 0 Å². The highest BCUT2D eigenvalue weighted by atomic mass is 32.1. The molecule has 37 heavy (non-hydrogen) atoms. The fraction of sp³-hybridized carbons (Fsp3) is 0.333. The van der Waals surface area contributed by atoms with Gasteiger partial charge in [-0.2, -0.15) is 4.37 Å². The van der Waals surface area contributed by atoms with Crippen molar-refractivity contribution in [3.8, 4) is 5.75 Å². The van der Waals surface area contributed by atoms with Crippen molar-refractivity contribution < 1.29 is 19.1 Å². The monoisotopic (exact) mass is 521 g/mol. The normalized spacial score (nSPS) is 14.2. The van der Waals surface area contributed by atoms with E-state index in [-0.39, 0.29) is 28.2 Å². The molecule has 3 aromatic rings. The molecule has 1 aliphatic rings. The fourth-order valence-electron chi connectivity index (χ4n) is 4.62. The molecule has 1 heterocycles. The maximum atomic E-state index is 14.1. The van der Waals surface area contributed by atoms with E-state index in [0.29, 0.717) is 23.6 Å². The lowest BCUT2D eigenvalue weighted by Gasteiger charge is -2.33. The predicted octanol–water partition coefficient (Wildman–Crippen LogP) is 3.98. The largest absolute Gasteiger partial charge is 0.494 e. The Morgan fingerprint density at radius 2 is 1.81 bits per heavy atom. The minimum atomic E-state index is -1.01. The molecule has 4 rings (SSSR count). The van der Waals surface area contributed by atoms with E-state index in [1.54, 1.807) is 36.4 Å². The Morgan fingerprint density at radius 1 is 1.14 bits per heavy atom. The summed E-state index contributed by atoms with van der Waals surface area (Å²) in [5.41, 5.74) is 13.2. The van der Waals surface area contributed by atoms with E-state index in [2.05, 4.69) is 9.69 Å². The van der Waals surface area contributed by atoms with Crippen LogP contribution in [0.5, 0.6) is 5.75 Å². The van der Waals surface area contributed by atoms with Crippen LogP contribution in [0.15, 0.2) is 48.5 Å². The summed E-state index contributed by atoms with van der Waals surface area (Å²) in [6, 6.07) is 13.5. The first-order valence-corrected chi connectivity index (χ1v) is 13.1. The van der Waals surface area contributed by atoms with E-state index >= 15 is 0 Å². The number of rotatable bonds is 9. The van der Waals surface area contributed by atoms with Crippen molar-refractivity contribution in [1.82, 2.24) is 9.69 Å². The van der Waals surface area contributed by atoms with Crippen molar-refractivity contribution in [3.63, 3.8) is 0 Å². The molecule has 1 aliphatic carbocycles. The van der Waals surface area contributed by atoms with Crippen LogP contribution in [0.2, 0.25) is 0 Å². The van der Waals surface area contributed by atoms with Gasteiger partial charge in [0.15, 0.2) is 5.69 Å². The van der Waals surface area contributed by atoms with Crippen LogP contribution in [-0.4, -0.2) is 34.7 Å². The zero-order valence-corrected chi connectivity index (χ0v) is 21.7. The second-order valence-electron chi connectivity index (χ2n) is 8.99. The van der Waals surface area contributed by atoms with Gasteiger partial charge in [0.25, 0.3) is 11.8 Å². The number of aryl methyl sites for hydroxylation is 1. The Bertz CT molecular complexity index is 1280. The maximum Gasteiger partial charge on any atom is 0.273 e. The third-order valence-electron chi connectivity index (χ3n) is 6.46. The summed E-state index contributed by atoms with van der Waals surface area (Å²) < 4.78 is 9.59. The summed E-state index contributed by atoms with van der Waals surface area (Å²) >= 11 is 0.789. The molecule has 0 radical (unpaired) electrons. The average Bonchev–Trinajstić information content (AvgIpc) is 3.53.